The minimum Gasteiger partial charge on any atom is -0.372 e. The van der Waals surface area contributed by atoms with Crippen LogP contribution in [0.3, 0.4) is 0 Å². The van der Waals surface area contributed by atoms with Crippen molar-refractivity contribution in [2.45, 2.75) is 6.10 Å². The quantitative estimate of drug-likeness (QED) is 0.475. The minimum absolute atomic E-state index is 0.551. The lowest BCUT2D eigenvalue weighted by molar-refractivity contribution is 0.323. The molecule has 0 saturated carbocycles. The molecular formula is C6H15NO4S. The van der Waals surface area contributed by atoms with Gasteiger partial charge in [-0.15, -0.1) is 0 Å². The van der Waals surface area contributed by atoms with E-state index < -0.39 is 10.1 Å². The van der Waals surface area contributed by atoms with Crippen molar-refractivity contribution in [3.8, 4) is 0 Å². The van der Waals surface area contributed by atoms with Crippen LogP contribution in [0.5, 0.6) is 0 Å². The second-order valence-corrected chi connectivity index (χ2v) is 4.42. The van der Waals surface area contributed by atoms with Gasteiger partial charge in [-0.05, 0) is 14.1 Å². The third-order valence-electron chi connectivity index (χ3n) is 0.971. The fourth-order valence-electron chi connectivity index (χ4n) is 0.581. The van der Waals surface area contributed by atoms with E-state index in [2.05, 4.69) is 19.0 Å². The summed E-state index contributed by atoms with van der Waals surface area (Å²) in [6.07, 6.45) is 1.27. The van der Waals surface area contributed by atoms with Crippen molar-refractivity contribution < 1.29 is 17.7 Å². The standard InChI is InChI=1S/C5H11NO.CH4O3S/c1-6(2)3-5-4-7-5;1-5(2,3)4/h5H,3-4H2,1-2H3;1H3,(H,2,3,4). The van der Waals surface area contributed by atoms with Crippen molar-refractivity contribution >= 4 is 10.1 Å². The maximum atomic E-state index is 9.19. The highest BCUT2D eigenvalue weighted by atomic mass is 32.2. The summed E-state index contributed by atoms with van der Waals surface area (Å²) < 4.78 is 30.8. The lowest BCUT2D eigenvalue weighted by Gasteiger charge is -2.03. The van der Waals surface area contributed by atoms with E-state index in [9.17, 15) is 8.42 Å². The van der Waals surface area contributed by atoms with E-state index in [-0.39, 0.29) is 0 Å². The van der Waals surface area contributed by atoms with E-state index in [1.54, 1.807) is 0 Å². The van der Waals surface area contributed by atoms with Crippen LogP contribution in [-0.4, -0.2) is 57.5 Å². The van der Waals surface area contributed by atoms with Gasteiger partial charge in [-0.3, -0.25) is 4.55 Å². The summed E-state index contributed by atoms with van der Waals surface area (Å²) in [6, 6.07) is 0. The number of epoxide rings is 1. The zero-order chi connectivity index (χ0) is 9.78. The van der Waals surface area contributed by atoms with Gasteiger partial charge in [-0.2, -0.15) is 8.42 Å². The zero-order valence-electron chi connectivity index (χ0n) is 7.52. The Hall–Kier alpha value is -0.170. The molecule has 0 aromatic carbocycles. The predicted molar refractivity (Wildman–Crippen MR) is 45.8 cm³/mol. The van der Waals surface area contributed by atoms with E-state index in [1.165, 1.54) is 0 Å². The molecule has 0 spiro atoms. The number of rotatable bonds is 2. The van der Waals surface area contributed by atoms with Gasteiger partial charge in [0.05, 0.1) is 19.0 Å². The SMILES string of the molecule is CN(C)CC1CO1.CS(=O)(=O)O. The maximum Gasteiger partial charge on any atom is 0.261 e. The highest BCUT2D eigenvalue weighted by Crippen LogP contribution is 2.07. The molecule has 6 heteroatoms. The normalized spacial score (nSPS) is 21.6. The highest BCUT2D eigenvalue weighted by molar-refractivity contribution is 7.85. The Morgan fingerprint density at radius 3 is 2.00 bits per heavy atom. The van der Waals surface area contributed by atoms with E-state index in [0.717, 1.165) is 13.2 Å². The van der Waals surface area contributed by atoms with Crippen molar-refractivity contribution in [3.05, 3.63) is 0 Å². The summed E-state index contributed by atoms with van der Waals surface area (Å²) in [5, 5.41) is 0. The monoisotopic (exact) mass is 197 g/mol. The van der Waals surface area contributed by atoms with Gasteiger partial charge in [0.25, 0.3) is 10.1 Å². The third-order valence-corrected chi connectivity index (χ3v) is 0.971. The molecule has 1 rings (SSSR count). The molecule has 0 amide bonds. The fraction of sp³-hybridized carbons (Fsp3) is 1.00. The van der Waals surface area contributed by atoms with Gasteiger partial charge in [-0.1, -0.05) is 0 Å². The average Bonchev–Trinajstić information content (AvgIpc) is 2.41. The number of likely N-dealkylation sites (N-methyl/N-ethyl adjacent to an activating group) is 1. The van der Waals surface area contributed by atoms with E-state index in [1.807, 2.05) is 0 Å². The third kappa shape index (κ3) is 16.4. The second-order valence-electron chi connectivity index (χ2n) is 2.95. The van der Waals surface area contributed by atoms with Crippen molar-refractivity contribution in [1.82, 2.24) is 4.90 Å². The van der Waals surface area contributed by atoms with Gasteiger partial charge in [0.2, 0.25) is 0 Å². The molecule has 0 aliphatic carbocycles. The van der Waals surface area contributed by atoms with E-state index in [4.69, 9.17) is 9.29 Å². The smallest absolute Gasteiger partial charge is 0.261 e. The first-order valence-electron chi connectivity index (χ1n) is 3.48. The first-order valence-corrected chi connectivity index (χ1v) is 5.32. The summed E-state index contributed by atoms with van der Waals surface area (Å²) in [4.78, 5) is 2.14. The molecule has 0 aromatic heterocycles. The maximum absolute atomic E-state index is 9.19. The first kappa shape index (κ1) is 11.8. The van der Waals surface area contributed by atoms with Gasteiger partial charge >= 0.3 is 0 Å². The zero-order valence-corrected chi connectivity index (χ0v) is 8.34. The van der Waals surface area contributed by atoms with Gasteiger partial charge in [-0.25, -0.2) is 0 Å². The van der Waals surface area contributed by atoms with E-state index in [0.29, 0.717) is 12.4 Å². The number of hydrogen-bond acceptors (Lipinski definition) is 4. The number of nitrogens with zero attached hydrogens (tertiary/aromatic N) is 1. The molecule has 1 heterocycles. The van der Waals surface area contributed by atoms with Crippen LogP contribution in [0.15, 0.2) is 0 Å². The Morgan fingerprint density at radius 1 is 1.58 bits per heavy atom. The Morgan fingerprint density at radius 2 is 1.92 bits per heavy atom. The molecule has 1 saturated heterocycles. The Labute approximate surface area is 73.1 Å². The molecule has 5 nitrogen and oxygen atoms in total. The minimum atomic E-state index is -3.67. The molecule has 12 heavy (non-hydrogen) atoms. The van der Waals surface area contributed by atoms with Crippen LogP contribution in [0, 0.1) is 0 Å². The summed E-state index contributed by atoms with van der Waals surface area (Å²) in [6.45, 7) is 2.05. The van der Waals surface area contributed by atoms with Gasteiger partial charge < -0.3 is 9.64 Å². The largest absolute Gasteiger partial charge is 0.372 e. The molecule has 74 valence electrons. The Balaban J connectivity index is 0.000000217. The summed E-state index contributed by atoms with van der Waals surface area (Å²) in [7, 11) is 0.448. The molecule has 1 unspecified atom stereocenters. The van der Waals surface area contributed by atoms with Crippen molar-refractivity contribution in [2.75, 3.05) is 33.5 Å². The predicted octanol–water partition coefficient (Wildman–Crippen LogP) is -0.549. The molecule has 0 radical (unpaired) electrons. The van der Waals surface area contributed by atoms with Gasteiger partial charge in [0.15, 0.2) is 0 Å². The van der Waals surface area contributed by atoms with Crippen LogP contribution >= 0.6 is 0 Å². The second kappa shape index (κ2) is 4.76. The van der Waals surface area contributed by atoms with Crippen molar-refractivity contribution in [3.63, 3.8) is 0 Å². The molecule has 1 aliphatic rings. The average molecular weight is 197 g/mol. The van der Waals surface area contributed by atoms with Crippen LogP contribution in [0.1, 0.15) is 0 Å². The molecule has 1 N–H and O–H groups in total. The molecule has 1 atom stereocenters. The number of hydrogen-bond donors (Lipinski definition) is 1. The Kier molecular flexibility index (Phi) is 4.69. The van der Waals surface area contributed by atoms with Crippen LogP contribution in [-0.2, 0) is 14.9 Å². The summed E-state index contributed by atoms with van der Waals surface area (Å²) in [5.74, 6) is 0. The van der Waals surface area contributed by atoms with E-state index >= 15 is 0 Å². The molecule has 0 bridgehead atoms. The fourth-order valence-corrected chi connectivity index (χ4v) is 0.581. The molecule has 1 fully saturated rings. The topological polar surface area (TPSA) is 70.1 Å². The Bertz CT molecular complexity index is 200. The van der Waals surface area contributed by atoms with Crippen molar-refractivity contribution in [1.29, 1.82) is 0 Å². The molecule has 1 aliphatic heterocycles. The van der Waals surface area contributed by atoms with Crippen LogP contribution < -0.4 is 0 Å². The summed E-state index contributed by atoms with van der Waals surface area (Å²) >= 11 is 0. The van der Waals surface area contributed by atoms with Gasteiger partial charge in [0.1, 0.15) is 0 Å². The summed E-state index contributed by atoms with van der Waals surface area (Å²) in [5.41, 5.74) is 0. The van der Waals surface area contributed by atoms with Crippen LogP contribution in [0.4, 0.5) is 0 Å². The number of ether oxygens (including phenoxy) is 1. The molecular weight excluding hydrogens is 182 g/mol. The lowest BCUT2D eigenvalue weighted by atomic mass is 10.5. The van der Waals surface area contributed by atoms with Crippen LogP contribution in [0.2, 0.25) is 0 Å². The highest BCUT2D eigenvalue weighted by Gasteiger charge is 2.22. The molecule has 0 aromatic rings. The first-order chi connectivity index (χ1) is 5.29. The van der Waals surface area contributed by atoms with Crippen LogP contribution in [0.25, 0.3) is 0 Å². The lowest BCUT2D eigenvalue weighted by Crippen LogP contribution is -2.17. The van der Waals surface area contributed by atoms with Gasteiger partial charge in [0, 0.05) is 6.54 Å². The van der Waals surface area contributed by atoms with Crippen molar-refractivity contribution in [2.24, 2.45) is 0 Å².